The average Bonchev–Trinajstić information content (AvgIpc) is 2.90. The zero-order valence-corrected chi connectivity index (χ0v) is 11.9. The van der Waals surface area contributed by atoms with Crippen LogP contribution in [-0.2, 0) is 10.3 Å². The predicted molar refractivity (Wildman–Crippen MR) is 80.3 cm³/mol. The van der Waals surface area contributed by atoms with Crippen molar-refractivity contribution in [2.45, 2.75) is 5.60 Å². The summed E-state index contributed by atoms with van der Waals surface area (Å²) < 4.78 is 11.8. The number of nitrogens with zero attached hydrogens (tertiary/aromatic N) is 2. The van der Waals surface area contributed by atoms with Gasteiger partial charge in [0.25, 0.3) is 0 Å². The summed E-state index contributed by atoms with van der Waals surface area (Å²) in [7, 11) is 0. The van der Waals surface area contributed by atoms with E-state index in [2.05, 4.69) is 9.97 Å². The number of para-hydroxylation sites is 1. The topological polar surface area (TPSA) is 61.3 Å². The lowest BCUT2D eigenvalue weighted by Gasteiger charge is -2.35. The van der Waals surface area contributed by atoms with Crippen molar-refractivity contribution in [1.82, 2.24) is 9.97 Å². The number of ether oxygens (including phenoxy) is 2. The molecule has 0 amide bonds. The molecule has 0 saturated carbocycles. The SMILES string of the molecule is O=C1OC2(c3ccccc3Oc3ncncc32)c2ccccc21. The Hall–Kier alpha value is -3.21. The second-order valence-electron chi connectivity index (χ2n) is 5.46. The smallest absolute Gasteiger partial charge is 0.340 e. The van der Waals surface area contributed by atoms with Gasteiger partial charge in [-0.25, -0.2) is 14.8 Å². The number of rotatable bonds is 0. The van der Waals surface area contributed by atoms with E-state index in [1.54, 1.807) is 12.3 Å². The van der Waals surface area contributed by atoms with E-state index in [-0.39, 0.29) is 5.97 Å². The minimum atomic E-state index is -1.06. The molecule has 2 aliphatic rings. The maximum Gasteiger partial charge on any atom is 0.340 e. The third kappa shape index (κ3) is 1.43. The zero-order valence-electron chi connectivity index (χ0n) is 11.9. The van der Waals surface area contributed by atoms with E-state index in [0.29, 0.717) is 22.8 Å². The zero-order chi connectivity index (χ0) is 15.4. The first-order valence-electron chi connectivity index (χ1n) is 7.21. The molecular formula is C18H10N2O3. The minimum Gasteiger partial charge on any atom is -0.440 e. The fourth-order valence-corrected chi connectivity index (χ4v) is 3.35. The highest BCUT2D eigenvalue weighted by atomic mass is 16.6. The Kier molecular flexibility index (Phi) is 2.24. The molecule has 110 valence electrons. The number of fused-ring (bicyclic) bond motifs is 6. The van der Waals surface area contributed by atoms with Gasteiger partial charge >= 0.3 is 5.97 Å². The molecule has 0 aliphatic carbocycles. The van der Waals surface area contributed by atoms with Crippen molar-refractivity contribution in [3.63, 3.8) is 0 Å². The van der Waals surface area contributed by atoms with Crippen molar-refractivity contribution in [3.05, 3.63) is 83.3 Å². The molecule has 1 unspecified atom stereocenters. The lowest BCUT2D eigenvalue weighted by molar-refractivity contribution is 0.0220. The van der Waals surface area contributed by atoms with E-state index >= 15 is 0 Å². The summed E-state index contributed by atoms with van der Waals surface area (Å²) in [5.41, 5.74) is 1.70. The molecule has 2 aliphatic heterocycles. The highest BCUT2D eigenvalue weighted by molar-refractivity contribution is 5.96. The van der Waals surface area contributed by atoms with Crippen LogP contribution in [0.5, 0.6) is 11.6 Å². The highest BCUT2D eigenvalue weighted by Crippen LogP contribution is 2.54. The Bertz CT molecular complexity index is 922. The second kappa shape index (κ2) is 4.16. The molecule has 0 N–H and O–H groups in total. The Morgan fingerprint density at radius 2 is 1.70 bits per heavy atom. The van der Waals surface area contributed by atoms with Crippen molar-refractivity contribution in [2.75, 3.05) is 0 Å². The van der Waals surface area contributed by atoms with Crippen molar-refractivity contribution < 1.29 is 14.3 Å². The molecule has 1 aromatic heterocycles. The van der Waals surface area contributed by atoms with Crippen LogP contribution in [-0.4, -0.2) is 15.9 Å². The van der Waals surface area contributed by atoms with Gasteiger partial charge in [-0.3, -0.25) is 0 Å². The van der Waals surface area contributed by atoms with Gasteiger partial charge in [-0.05, 0) is 12.1 Å². The van der Waals surface area contributed by atoms with Crippen molar-refractivity contribution >= 4 is 5.97 Å². The van der Waals surface area contributed by atoms with Gasteiger partial charge in [0, 0.05) is 17.3 Å². The summed E-state index contributed by atoms with van der Waals surface area (Å²) in [5.74, 6) is 0.679. The third-order valence-electron chi connectivity index (χ3n) is 4.30. The molecule has 3 heterocycles. The van der Waals surface area contributed by atoms with Gasteiger partial charge < -0.3 is 9.47 Å². The fraction of sp³-hybridized carbons (Fsp3) is 0.0556. The Morgan fingerprint density at radius 3 is 2.61 bits per heavy atom. The molecule has 0 bridgehead atoms. The molecule has 5 rings (SSSR count). The average molecular weight is 302 g/mol. The maximum absolute atomic E-state index is 12.5. The monoisotopic (exact) mass is 302 g/mol. The number of esters is 1. The Balaban J connectivity index is 1.93. The standard InChI is InChI=1S/C18H10N2O3/c21-17-11-5-1-2-6-12(11)18(23-17)13-7-3-4-8-15(13)22-16-14(18)9-19-10-20-16/h1-10H. The van der Waals surface area contributed by atoms with Crippen LogP contribution in [0.4, 0.5) is 0 Å². The number of hydrogen-bond donors (Lipinski definition) is 0. The summed E-state index contributed by atoms with van der Waals surface area (Å²) in [6, 6.07) is 14.9. The maximum atomic E-state index is 12.5. The van der Waals surface area contributed by atoms with Crippen LogP contribution in [0, 0.1) is 0 Å². The molecule has 0 radical (unpaired) electrons. The van der Waals surface area contributed by atoms with E-state index in [9.17, 15) is 4.79 Å². The summed E-state index contributed by atoms with van der Waals surface area (Å²) in [6.07, 6.45) is 3.07. The summed E-state index contributed by atoms with van der Waals surface area (Å²) in [4.78, 5) is 20.8. The lowest BCUT2D eigenvalue weighted by atomic mass is 9.79. The molecule has 2 aromatic carbocycles. The first kappa shape index (κ1) is 12.3. The number of carbonyl (C=O) groups excluding carboxylic acids is 1. The third-order valence-corrected chi connectivity index (χ3v) is 4.30. The molecule has 5 heteroatoms. The molecule has 1 atom stereocenters. The lowest BCUT2D eigenvalue weighted by Crippen LogP contribution is -2.33. The van der Waals surface area contributed by atoms with Crippen LogP contribution in [0.25, 0.3) is 0 Å². The number of hydrogen-bond acceptors (Lipinski definition) is 5. The molecule has 23 heavy (non-hydrogen) atoms. The van der Waals surface area contributed by atoms with E-state index in [1.165, 1.54) is 6.33 Å². The van der Waals surface area contributed by atoms with Crippen molar-refractivity contribution in [2.24, 2.45) is 0 Å². The highest BCUT2D eigenvalue weighted by Gasteiger charge is 2.53. The van der Waals surface area contributed by atoms with Crippen molar-refractivity contribution in [1.29, 1.82) is 0 Å². The van der Waals surface area contributed by atoms with Gasteiger partial charge in [0.15, 0.2) is 5.60 Å². The first-order valence-corrected chi connectivity index (χ1v) is 7.21. The van der Waals surface area contributed by atoms with Gasteiger partial charge in [0.1, 0.15) is 12.1 Å². The Labute approximate surface area is 131 Å². The summed E-state index contributed by atoms with van der Waals surface area (Å²) in [6.45, 7) is 0. The van der Waals surface area contributed by atoms with Gasteiger partial charge in [-0.2, -0.15) is 0 Å². The number of benzene rings is 2. The van der Waals surface area contributed by atoms with Crippen LogP contribution >= 0.6 is 0 Å². The van der Waals surface area contributed by atoms with Gasteiger partial charge in [0.05, 0.1) is 11.1 Å². The van der Waals surface area contributed by atoms with Crippen LogP contribution in [0.15, 0.2) is 61.1 Å². The van der Waals surface area contributed by atoms with Crippen LogP contribution < -0.4 is 4.74 Å². The molecule has 3 aromatic rings. The number of carbonyl (C=O) groups is 1. The van der Waals surface area contributed by atoms with E-state index in [0.717, 1.165) is 11.1 Å². The summed E-state index contributed by atoms with van der Waals surface area (Å²) in [5, 5.41) is 0. The largest absolute Gasteiger partial charge is 0.440 e. The van der Waals surface area contributed by atoms with Gasteiger partial charge in [-0.1, -0.05) is 36.4 Å². The minimum absolute atomic E-state index is 0.355. The normalized spacial score (nSPS) is 20.3. The van der Waals surface area contributed by atoms with Crippen molar-refractivity contribution in [3.8, 4) is 11.6 Å². The Morgan fingerprint density at radius 1 is 0.913 bits per heavy atom. The van der Waals surface area contributed by atoms with Crippen LogP contribution in [0.3, 0.4) is 0 Å². The second-order valence-corrected chi connectivity index (χ2v) is 5.46. The first-order chi connectivity index (χ1) is 11.3. The fourth-order valence-electron chi connectivity index (χ4n) is 3.35. The van der Waals surface area contributed by atoms with Crippen LogP contribution in [0.2, 0.25) is 0 Å². The van der Waals surface area contributed by atoms with Gasteiger partial charge in [-0.15, -0.1) is 0 Å². The molecule has 1 spiro atoms. The van der Waals surface area contributed by atoms with Gasteiger partial charge in [0.2, 0.25) is 5.88 Å². The van der Waals surface area contributed by atoms with E-state index < -0.39 is 5.60 Å². The predicted octanol–water partition coefficient (Wildman–Crippen LogP) is 3.04. The number of aromatic nitrogens is 2. The quantitative estimate of drug-likeness (QED) is 0.597. The molecule has 5 nitrogen and oxygen atoms in total. The van der Waals surface area contributed by atoms with E-state index in [4.69, 9.17) is 9.47 Å². The molecule has 0 saturated heterocycles. The molecular weight excluding hydrogens is 292 g/mol. The summed E-state index contributed by atoms with van der Waals surface area (Å²) >= 11 is 0. The van der Waals surface area contributed by atoms with E-state index in [1.807, 2.05) is 42.5 Å². The van der Waals surface area contributed by atoms with Crippen LogP contribution in [0.1, 0.15) is 27.0 Å². The molecule has 0 fully saturated rings.